The smallest absolute Gasteiger partial charge is 0.137 e. The van der Waals surface area contributed by atoms with Crippen LogP contribution in [-0.2, 0) is 0 Å². The monoisotopic (exact) mass is 807 g/mol. The molecule has 0 bridgehead atoms. The molecule has 0 unspecified atom stereocenters. The van der Waals surface area contributed by atoms with Crippen LogP contribution in [0.5, 0.6) is 0 Å². The summed E-state index contributed by atoms with van der Waals surface area (Å²) in [5.74, 6) is 0. The molecule has 0 aliphatic rings. The van der Waals surface area contributed by atoms with Gasteiger partial charge in [0.1, 0.15) is 11.2 Å². The van der Waals surface area contributed by atoms with Crippen LogP contribution in [0.15, 0.2) is 235 Å². The summed E-state index contributed by atoms with van der Waals surface area (Å²) < 4.78 is 53.3. The van der Waals surface area contributed by atoms with Crippen LogP contribution in [0.1, 0.15) is 6.85 Å². The second-order valence-electron chi connectivity index (χ2n) is 16.1. The molecule has 0 N–H and O–H groups in total. The Morgan fingerprint density at radius 1 is 0.317 bits per heavy atom. The first-order valence-corrected chi connectivity index (χ1v) is 21.2. The van der Waals surface area contributed by atoms with Crippen molar-refractivity contribution >= 4 is 65.6 Å². The lowest BCUT2D eigenvalue weighted by Gasteiger charge is -2.11. The van der Waals surface area contributed by atoms with Crippen molar-refractivity contribution in [3.05, 3.63) is 230 Å². The van der Waals surface area contributed by atoms with E-state index in [1.165, 1.54) is 33.0 Å². The molecule has 0 saturated heterocycles. The van der Waals surface area contributed by atoms with Crippen LogP contribution in [0.3, 0.4) is 0 Å². The molecular weight excluding hydrogens is 765 g/mol. The number of hydrogen-bond donors (Lipinski definition) is 0. The lowest BCUT2D eigenvalue weighted by atomic mass is 9.99. The van der Waals surface area contributed by atoms with E-state index >= 15 is 0 Å². The summed E-state index contributed by atoms with van der Waals surface area (Å²) >= 11 is 0. The van der Waals surface area contributed by atoms with E-state index in [-0.39, 0.29) is 29.7 Å². The third-order valence-electron chi connectivity index (χ3n) is 12.6. The molecule has 0 fully saturated rings. The summed E-state index contributed by atoms with van der Waals surface area (Å²) in [4.78, 5) is 0. The van der Waals surface area contributed by atoms with Gasteiger partial charge in [0.25, 0.3) is 0 Å². The second-order valence-corrected chi connectivity index (χ2v) is 16.1. The van der Waals surface area contributed by atoms with Crippen LogP contribution in [-0.4, -0.2) is 9.13 Å². The maximum Gasteiger partial charge on any atom is 0.137 e. The van der Waals surface area contributed by atoms with Crippen molar-refractivity contribution in [1.82, 2.24) is 9.13 Å². The van der Waals surface area contributed by atoms with E-state index in [9.17, 15) is 0 Å². The number of fused-ring (bicyclic) bond motifs is 9. The zero-order valence-corrected chi connectivity index (χ0v) is 33.9. The van der Waals surface area contributed by atoms with E-state index in [2.05, 4.69) is 173 Å². The van der Waals surface area contributed by atoms with Gasteiger partial charge in [-0.2, -0.15) is 0 Å². The van der Waals surface area contributed by atoms with E-state index in [1.54, 1.807) is 12.1 Å². The molecule has 13 rings (SSSR count). The summed E-state index contributed by atoms with van der Waals surface area (Å²) in [6, 6.07) is 68.7. The van der Waals surface area contributed by atoms with Gasteiger partial charge in [0.15, 0.2) is 0 Å². The van der Waals surface area contributed by atoms with Crippen LogP contribution in [0.4, 0.5) is 0 Å². The fourth-order valence-electron chi connectivity index (χ4n) is 9.70. The van der Waals surface area contributed by atoms with Gasteiger partial charge in [-0.3, -0.25) is 0 Å². The number of rotatable bonds is 6. The van der Waals surface area contributed by atoms with Crippen molar-refractivity contribution in [3.8, 4) is 55.9 Å². The molecule has 0 saturated carbocycles. The number of aromatic nitrogens is 2. The predicted octanol–water partition coefficient (Wildman–Crippen LogP) is 16.4. The van der Waals surface area contributed by atoms with Crippen LogP contribution < -0.4 is 0 Å². The number of nitrogens with zero attached hydrogens (tertiary/aromatic N) is 2. The Morgan fingerprint density at radius 2 is 0.825 bits per heavy atom. The Balaban J connectivity index is 0.881. The summed E-state index contributed by atoms with van der Waals surface area (Å²) in [6.45, 7) is 0. The molecule has 294 valence electrons. The maximum absolute atomic E-state index is 8.71. The summed E-state index contributed by atoms with van der Waals surface area (Å²) in [6.07, 6.45) is 0. The zero-order valence-electron chi connectivity index (χ0n) is 38.9. The Labute approximate surface area is 371 Å². The second kappa shape index (κ2) is 14.1. The zero-order chi connectivity index (χ0) is 45.8. The third kappa shape index (κ3) is 5.67. The largest absolute Gasteiger partial charge is 0.456 e. The molecule has 3 heteroatoms. The van der Waals surface area contributed by atoms with Crippen LogP contribution in [0, 0.1) is 0 Å². The third-order valence-corrected chi connectivity index (χ3v) is 12.6. The predicted molar refractivity (Wildman–Crippen MR) is 264 cm³/mol. The van der Waals surface area contributed by atoms with Crippen LogP contribution in [0.25, 0.3) is 121 Å². The highest BCUT2D eigenvalue weighted by atomic mass is 16.3. The molecule has 13 aromatic rings. The minimum atomic E-state index is -0.416. The molecule has 3 aromatic heterocycles. The van der Waals surface area contributed by atoms with Gasteiger partial charge in [-0.25, -0.2) is 0 Å². The molecule has 0 aliphatic carbocycles. The Bertz CT molecular complexity index is 4160. The number of benzene rings is 10. The van der Waals surface area contributed by atoms with Gasteiger partial charge in [0, 0.05) is 49.8 Å². The Hall–Kier alpha value is -8.40. The molecule has 10 aromatic carbocycles. The van der Waals surface area contributed by atoms with Gasteiger partial charge >= 0.3 is 0 Å². The van der Waals surface area contributed by atoms with Gasteiger partial charge in [0.2, 0.25) is 0 Å². The van der Waals surface area contributed by atoms with Gasteiger partial charge in [-0.15, -0.1) is 0 Å². The van der Waals surface area contributed by atoms with Crippen molar-refractivity contribution in [3.63, 3.8) is 0 Å². The summed E-state index contributed by atoms with van der Waals surface area (Å²) in [7, 11) is 0. The van der Waals surface area contributed by atoms with E-state index in [0.717, 1.165) is 60.7 Å². The first-order chi connectivity index (χ1) is 33.3. The van der Waals surface area contributed by atoms with Gasteiger partial charge < -0.3 is 13.6 Å². The van der Waals surface area contributed by atoms with Crippen molar-refractivity contribution in [2.75, 3.05) is 0 Å². The molecule has 0 aliphatic heterocycles. The quantitative estimate of drug-likeness (QED) is 0.164. The molecule has 0 atom stereocenters. The lowest BCUT2D eigenvalue weighted by molar-refractivity contribution is 0.668. The highest BCUT2D eigenvalue weighted by Crippen LogP contribution is 2.41. The lowest BCUT2D eigenvalue weighted by Crippen LogP contribution is -1.94. The molecular formula is C60H38N2O. The standard InChI is InChI=1S/C60H38N2O/c1-3-12-39(13-4-1)40-22-24-41(25-23-40)42-26-30-46(31-27-42)61-54-19-9-7-16-49(54)52-36-44(28-34-56(52)61)45-29-35-57-53(37-45)50-17-8-10-20-55(50)62(57)47-32-33-51-59(38-47)63-58-21-11-18-48(60(51)58)43-14-5-2-6-15-43/h1-38H/i2D,5D,6D,14D,15D. The van der Waals surface area contributed by atoms with Gasteiger partial charge in [-0.05, 0) is 111 Å². The number of furan rings is 1. The molecule has 0 amide bonds. The SMILES string of the molecule is [2H]c1c([2H])c([2H])c(-c2cccc3oc4cc(-n5c6ccccc6c6cc(-c7ccc8c(c7)c7ccccc7n8-c7ccc(-c8ccc(-c9ccccc9)cc8)cc7)ccc65)ccc4c23)c([2H])c1[2H]. The first-order valence-electron chi connectivity index (χ1n) is 23.7. The average Bonchev–Trinajstić information content (AvgIpc) is 4.05. The molecule has 0 radical (unpaired) electrons. The first kappa shape index (κ1) is 30.6. The molecule has 3 nitrogen and oxygen atoms in total. The topological polar surface area (TPSA) is 23.0 Å². The Kier molecular flexibility index (Phi) is 6.84. The van der Waals surface area contributed by atoms with Gasteiger partial charge in [-0.1, -0.05) is 158 Å². The fourth-order valence-corrected chi connectivity index (χ4v) is 9.70. The maximum atomic E-state index is 8.71. The number of para-hydroxylation sites is 2. The minimum Gasteiger partial charge on any atom is -0.456 e. The highest BCUT2D eigenvalue weighted by molar-refractivity contribution is 6.15. The molecule has 3 heterocycles. The van der Waals surface area contributed by atoms with E-state index in [4.69, 9.17) is 11.3 Å². The minimum absolute atomic E-state index is 0.156. The normalized spacial score (nSPS) is 12.9. The van der Waals surface area contributed by atoms with Crippen molar-refractivity contribution in [2.24, 2.45) is 0 Å². The summed E-state index contributed by atoms with van der Waals surface area (Å²) in [5.41, 5.74) is 15.4. The molecule has 63 heavy (non-hydrogen) atoms. The van der Waals surface area contributed by atoms with Crippen LogP contribution in [0.2, 0.25) is 0 Å². The Morgan fingerprint density at radius 3 is 1.46 bits per heavy atom. The van der Waals surface area contributed by atoms with Crippen molar-refractivity contribution in [1.29, 1.82) is 0 Å². The van der Waals surface area contributed by atoms with E-state index in [1.807, 2.05) is 24.3 Å². The van der Waals surface area contributed by atoms with E-state index in [0.29, 0.717) is 22.1 Å². The van der Waals surface area contributed by atoms with Crippen molar-refractivity contribution < 1.29 is 11.3 Å². The number of hydrogen-bond acceptors (Lipinski definition) is 1. The highest BCUT2D eigenvalue weighted by Gasteiger charge is 2.18. The fraction of sp³-hybridized carbons (Fsp3) is 0. The van der Waals surface area contributed by atoms with Crippen LogP contribution >= 0.6 is 0 Å². The van der Waals surface area contributed by atoms with E-state index < -0.39 is 6.04 Å². The molecule has 0 spiro atoms. The average molecular weight is 808 g/mol. The van der Waals surface area contributed by atoms with Crippen molar-refractivity contribution in [2.45, 2.75) is 0 Å². The van der Waals surface area contributed by atoms with Gasteiger partial charge in [0.05, 0.1) is 28.9 Å². The summed E-state index contributed by atoms with van der Waals surface area (Å²) in [5, 5.41) is 6.15.